The highest BCUT2D eigenvalue weighted by atomic mass is 35.5. The lowest BCUT2D eigenvalue weighted by Crippen LogP contribution is -2.37. The minimum Gasteiger partial charge on any atom is -0.276 e. The van der Waals surface area contributed by atoms with E-state index >= 15 is 0 Å². The van der Waals surface area contributed by atoms with Crippen molar-refractivity contribution in [2.24, 2.45) is 0 Å². The second kappa shape index (κ2) is 4.75. The summed E-state index contributed by atoms with van der Waals surface area (Å²) in [6.07, 6.45) is 0. The van der Waals surface area contributed by atoms with Gasteiger partial charge in [-0.05, 0) is 24.3 Å². The fourth-order valence-electron chi connectivity index (χ4n) is 0.889. The molecule has 0 fully saturated rings. The molecule has 0 aliphatic heterocycles. The Morgan fingerprint density at radius 3 is 2.33 bits per heavy atom. The Hall–Kier alpha value is -1.62. The summed E-state index contributed by atoms with van der Waals surface area (Å²) in [6.45, 7) is 1.12. The van der Waals surface area contributed by atoms with E-state index in [4.69, 9.17) is 11.6 Å². The van der Waals surface area contributed by atoms with Gasteiger partial charge in [0.1, 0.15) is 0 Å². The zero-order valence-electron chi connectivity index (χ0n) is 7.83. The first-order chi connectivity index (χ1) is 7.00. The van der Waals surface area contributed by atoms with Gasteiger partial charge in [0, 0.05) is 11.9 Å². The normalized spacial score (nSPS) is 9.53. The maximum absolute atomic E-state index is 13.2. The third kappa shape index (κ3) is 3.21. The summed E-state index contributed by atoms with van der Waals surface area (Å²) in [6, 6.07) is 4.38. The molecule has 0 aliphatic carbocycles. The van der Waals surface area contributed by atoms with Crippen molar-refractivity contribution in [3.8, 4) is 0 Å². The number of hydrogen-bond donors (Lipinski definition) is 1. The van der Waals surface area contributed by atoms with Crippen LogP contribution in [0.4, 0.5) is 15.0 Å². The van der Waals surface area contributed by atoms with Crippen LogP contribution in [0.3, 0.4) is 0 Å². The number of nitrogens with zero attached hydrogens (tertiary/aromatic N) is 1. The van der Waals surface area contributed by atoms with E-state index in [-0.39, 0.29) is 10.8 Å². The number of rotatable bonds is 1. The van der Waals surface area contributed by atoms with Crippen molar-refractivity contribution in [1.29, 1.82) is 0 Å². The lowest BCUT2D eigenvalue weighted by Gasteiger charge is -2.11. The first kappa shape index (κ1) is 11.5. The summed E-state index contributed by atoms with van der Waals surface area (Å²) in [5, 5.41) is 2.06. The summed E-state index contributed by atoms with van der Waals surface area (Å²) in [4.78, 5) is 21.5. The molecule has 0 radical (unpaired) electrons. The highest BCUT2D eigenvalue weighted by molar-refractivity contribution is 6.30. The summed E-state index contributed by atoms with van der Waals surface area (Å²) in [7, 11) is 0. The van der Waals surface area contributed by atoms with Crippen LogP contribution < -0.4 is 10.4 Å². The Balaban J connectivity index is 2.76. The van der Waals surface area contributed by atoms with Gasteiger partial charge in [0.25, 0.3) is 0 Å². The van der Waals surface area contributed by atoms with Crippen LogP contribution in [0.25, 0.3) is 0 Å². The molecule has 4 nitrogen and oxygen atoms in total. The lowest BCUT2D eigenvalue weighted by molar-refractivity contribution is -0.117. The van der Waals surface area contributed by atoms with Gasteiger partial charge in [0.05, 0.1) is 5.69 Å². The number of urea groups is 1. The number of imide groups is 1. The van der Waals surface area contributed by atoms with E-state index in [0.717, 1.165) is 6.92 Å². The van der Waals surface area contributed by atoms with E-state index in [0.29, 0.717) is 5.02 Å². The number of carbonyl (C=O) groups is 2. The molecule has 0 aliphatic rings. The predicted octanol–water partition coefficient (Wildman–Crippen LogP) is 2.29. The zero-order chi connectivity index (χ0) is 11.4. The number of amides is 3. The van der Waals surface area contributed by atoms with Crippen molar-refractivity contribution < 1.29 is 14.1 Å². The second-order valence-corrected chi connectivity index (χ2v) is 3.18. The third-order valence-corrected chi connectivity index (χ3v) is 1.77. The Morgan fingerprint density at radius 1 is 1.33 bits per heavy atom. The maximum atomic E-state index is 13.2. The van der Waals surface area contributed by atoms with Crippen molar-refractivity contribution in [3.05, 3.63) is 29.3 Å². The minimum absolute atomic E-state index is 0.00171. The molecule has 1 rings (SSSR count). The first-order valence-electron chi connectivity index (χ1n) is 4.03. The molecule has 0 bridgehead atoms. The topological polar surface area (TPSA) is 49.4 Å². The lowest BCUT2D eigenvalue weighted by atomic mass is 10.3. The van der Waals surface area contributed by atoms with Crippen LogP contribution in [0.1, 0.15) is 6.92 Å². The number of halogens is 2. The number of benzene rings is 1. The van der Waals surface area contributed by atoms with Crippen molar-refractivity contribution in [2.75, 3.05) is 5.12 Å². The minimum atomic E-state index is -1.13. The molecule has 0 unspecified atom stereocenters. The molecular weight excluding hydrogens is 223 g/mol. The zero-order valence-corrected chi connectivity index (χ0v) is 8.58. The Kier molecular flexibility index (Phi) is 3.62. The van der Waals surface area contributed by atoms with Crippen molar-refractivity contribution in [2.45, 2.75) is 6.92 Å². The number of hydrogen-bond acceptors (Lipinski definition) is 2. The van der Waals surface area contributed by atoms with Gasteiger partial charge in [0.15, 0.2) is 0 Å². The van der Waals surface area contributed by atoms with E-state index in [2.05, 4.69) is 0 Å². The molecule has 1 N–H and O–H groups in total. The Labute approximate surface area is 90.6 Å². The van der Waals surface area contributed by atoms with Crippen molar-refractivity contribution in [1.82, 2.24) is 5.32 Å². The van der Waals surface area contributed by atoms with Crippen LogP contribution in [-0.4, -0.2) is 11.9 Å². The standard InChI is InChI=1S/C9H8ClFN2O2/c1-6(14)12-9(15)13(11)8-4-2-7(10)3-5-8/h2-5H,1H3,(H,12,14,15). The van der Waals surface area contributed by atoms with Crippen LogP contribution in [0, 0.1) is 0 Å². The van der Waals surface area contributed by atoms with Crippen LogP contribution in [0.5, 0.6) is 0 Å². The fraction of sp³-hybridized carbons (Fsp3) is 0.111. The van der Waals surface area contributed by atoms with Gasteiger partial charge in [-0.3, -0.25) is 10.1 Å². The quantitative estimate of drug-likeness (QED) is 0.753. The monoisotopic (exact) mass is 230 g/mol. The second-order valence-electron chi connectivity index (χ2n) is 2.74. The van der Waals surface area contributed by atoms with Crippen LogP contribution in [0.15, 0.2) is 24.3 Å². The average molecular weight is 231 g/mol. The average Bonchev–Trinajstić information content (AvgIpc) is 2.17. The molecule has 80 valence electrons. The first-order valence-corrected chi connectivity index (χ1v) is 4.41. The van der Waals surface area contributed by atoms with Gasteiger partial charge in [-0.15, -0.1) is 5.12 Å². The molecule has 0 spiro atoms. The molecule has 1 aromatic rings. The van der Waals surface area contributed by atoms with Gasteiger partial charge in [-0.2, -0.15) is 0 Å². The maximum Gasteiger partial charge on any atom is 0.356 e. The highest BCUT2D eigenvalue weighted by Crippen LogP contribution is 2.18. The van der Waals surface area contributed by atoms with Gasteiger partial charge < -0.3 is 0 Å². The van der Waals surface area contributed by atoms with Gasteiger partial charge in [-0.1, -0.05) is 16.1 Å². The molecule has 0 aromatic heterocycles. The summed E-state index contributed by atoms with van der Waals surface area (Å²) >= 11 is 5.58. The van der Waals surface area contributed by atoms with Crippen LogP contribution >= 0.6 is 11.6 Å². The van der Waals surface area contributed by atoms with Gasteiger partial charge in [0.2, 0.25) is 5.91 Å². The van der Waals surface area contributed by atoms with Crippen molar-refractivity contribution >= 4 is 29.2 Å². The van der Waals surface area contributed by atoms with E-state index < -0.39 is 11.9 Å². The third-order valence-electron chi connectivity index (χ3n) is 1.51. The Bertz CT molecular complexity index is 380. The van der Waals surface area contributed by atoms with Gasteiger partial charge in [-0.25, -0.2) is 4.79 Å². The Morgan fingerprint density at radius 2 is 1.87 bits per heavy atom. The van der Waals surface area contributed by atoms with Crippen molar-refractivity contribution in [3.63, 3.8) is 0 Å². The summed E-state index contributed by atoms with van der Waals surface area (Å²) in [5.74, 6) is -0.628. The molecule has 15 heavy (non-hydrogen) atoms. The van der Waals surface area contributed by atoms with Crippen LogP contribution in [-0.2, 0) is 4.79 Å². The number of anilines is 1. The molecule has 1 aromatic carbocycles. The molecule has 0 heterocycles. The summed E-state index contributed by atoms with van der Waals surface area (Å²) in [5.41, 5.74) is -0.00171. The summed E-state index contributed by atoms with van der Waals surface area (Å²) < 4.78 is 13.2. The fourth-order valence-corrected chi connectivity index (χ4v) is 1.01. The smallest absolute Gasteiger partial charge is 0.276 e. The van der Waals surface area contributed by atoms with E-state index in [1.807, 2.05) is 0 Å². The molecule has 3 amide bonds. The number of nitrogens with one attached hydrogen (secondary N) is 1. The molecule has 0 saturated heterocycles. The highest BCUT2D eigenvalue weighted by Gasteiger charge is 2.15. The predicted molar refractivity (Wildman–Crippen MR) is 54.3 cm³/mol. The van der Waals surface area contributed by atoms with Crippen LogP contribution in [0.2, 0.25) is 5.02 Å². The SMILES string of the molecule is CC(=O)NC(=O)N(F)c1ccc(Cl)cc1. The molecular formula is C9H8ClFN2O2. The molecule has 6 heteroatoms. The molecule has 0 saturated carbocycles. The van der Waals surface area contributed by atoms with E-state index in [1.165, 1.54) is 24.3 Å². The van der Waals surface area contributed by atoms with E-state index in [9.17, 15) is 14.1 Å². The molecule has 0 atom stereocenters. The number of carbonyl (C=O) groups excluding carboxylic acids is 2. The van der Waals surface area contributed by atoms with Gasteiger partial charge >= 0.3 is 6.03 Å². The largest absolute Gasteiger partial charge is 0.356 e. The van der Waals surface area contributed by atoms with E-state index in [1.54, 1.807) is 5.32 Å².